The van der Waals surface area contributed by atoms with E-state index in [-0.39, 0.29) is 0 Å². The molecule has 2 rings (SSSR count). The van der Waals surface area contributed by atoms with Crippen LogP contribution in [0.2, 0.25) is 0 Å². The van der Waals surface area contributed by atoms with Gasteiger partial charge in [0.1, 0.15) is 0 Å². The van der Waals surface area contributed by atoms with Gasteiger partial charge in [-0.25, -0.2) is 0 Å². The predicted octanol–water partition coefficient (Wildman–Crippen LogP) is 1.34. The summed E-state index contributed by atoms with van der Waals surface area (Å²) in [7, 11) is 0. The van der Waals surface area contributed by atoms with Crippen LogP contribution in [0.3, 0.4) is 0 Å². The lowest BCUT2D eigenvalue weighted by atomic mass is 10.2. The number of nitrogens with zero attached hydrogens (tertiary/aromatic N) is 1. The van der Waals surface area contributed by atoms with Gasteiger partial charge in [0.2, 0.25) is 5.91 Å². The molecular weight excluding hydrogens is 220 g/mol. The van der Waals surface area contributed by atoms with Gasteiger partial charge in [-0.2, -0.15) is 11.8 Å². The number of hydrogen-bond acceptors (Lipinski definition) is 3. The third-order valence-corrected chi connectivity index (χ3v) is 3.93. The van der Waals surface area contributed by atoms with Crippen LogP contribution in [0.1, 0.15) is 25.7 Å². The predicted molar refractivity (Wildman–Crippen MR) is 68.7 cm³/mol. The van der Waals surface area contributed by atoms with E-state index < -0.39 is 0 Å². The lowest BCUT2D eigenvalue weighted by Gasteiger charge is -2.25. The second-order valence-electron chi connectivity index (χ2n) is 4.97. The second kappa shape index (κ2) is 5.92. The summed E-state index contributed by atoms with van der Waals surface area (Å²) in [4.78, 5) is 14.1. The lowest BCUT2D eigenvalue weighted by Crippen LogP contribution is -2.42. The highest BCUT2D eigenvalue weighted by molar-refractivity contribution is 7.99. The Balaban J connectivity index is 1.81. The van der Waals surface area contributed by atoms with Crippen LogP contribution in [0, 0.1) is 5.92 Å². The summed E-state index contributed by atoms with van der Waals surface area (Å²) >= 11 is 1.63. The Labute approximate surface area is 102 Å². The summed E-state index contributed by atoms with van der Waals surface area (Å²) in [6.45, 7) is 3.05. The molecule has 16 heavy (non-hydrogen) atoms. The Bertz CT molecular complexity index is 237. The largest absolute Gasteiger partial charge is 0.340 e. The molecule has 0 aromatic rings. The van der Waals surface area contributed by atoms with E-state index in [1.807, 2.05) is 6.26 Å². The van der Waals surface area contributed by atoms with Crippen LogP contribution in [0.4, 0.5) is 0 Å². The van der Waals surface area contributed by atoms with Crippen molar-refractivity contribution in [3.8, 4) is 0 Å². The molecule has 1 amide bonds. The number of carbonyl (C=O) groups is 1. The molecular formula is C12H22N2OS. The van der Waals surface area contributed by atoms with Crippen molar-refractivity contribution in [3.63, 3.8) is 0 Å². The number of thioether (sulfide) groups is 1. The van der Waals surface area contributed by atoms with Crippen molar-refractivity contribution in [1.29, 1.82) is 0 Å². The summed E-state index contributed by atoms with van der Waals surface area (Å²) in [6.07, 6.45) is 7.13. The Morgan fingerprint density at radius 3 is 2.75 bits per heavy atom. The molecule has 0 radical (unpaired) electrons. The van der Waals surface area contributed by atoms with Gasteiger partial charge in [-0.3, -0.25) is 4.79 Å². The third-order valence-electron chi connectivity index (χ3n) is 3.40. The normalized spacial score (nSPS) is 24.7. The van der Waals surface area contributed by atoms with E-state index in [4.69, 9.17) is 0 Å². The molecule has 0 aromatic carbocycles. The van der Waals surface area contributed by atoms with Gasteiger partial charge >= 0.3 is 0 Å². The summed E-state index contributed by atoms with van der Waals surface area (Å²) in [5.41, 5.74) is 0. The maximum atomic E-state index is 12.0. The Hall–Kier alpha value is -0.220. The molecule has 1 saturated carbocycles. The average molecular weight is 242 g/mol. The zero-order chi connectivity index (χ0) is 11.4. The zero-order valence-corrected chi connectivity index (χ0v) is 10.9. The van der Waals surface area contributed by atoms with E-state index in [0.717, 1.165) is 25.6 Å². The standard InChI is InChI=1S/C12H22N2OS/c1-16-9-12(15)14(7-10-4-5-10)8-11-3-2-6-13-11/h10-11,13H,2-9H2,1H3. The van der Waals surface area contributed by atoms with Crippen LogP contribution in [0.15, 0.2) is 0 Å². The Morgan fingerprint density at radius 1 is 1.38 bits per heavy atom. The lowest BCUT2D eigenvalue weighted by molar-refractivity contribution is -0.128. The van der Waals surface area contributed by atoms with Gasteiger partial charge in [0.15, 0.2) is 0 Å². The van der Waals surface area contributed by atoms with Crippen LogP contribution >= 0.6 is 11.8 Å². The minimum atomic E-state index is 0.327. The molecule has 0 bridgehead atoms. The summed E-state index contributed by atoms with van der Waals surface area (Å²) in [5.74, 6) is 1.76. The van der Waals surface area contributed by atoms with E-state index in [9.17, 15) is 4.79 Å². The Morgan fingerprint density at radius 2 is 2.19 bits per heavy atom. The van der Waals surface area contributed by atoms with Crippen molar-refractivity contribution in [2.24, 2.45) is 5.92 Å². The highest BCUT2D eigenvalue weighted by Gasteiger charge is 2.28. The third kappa shape index (κ3) is 3.67. The molecule has 3 nitrogen and oxygen atoms in total. The first kappa shape index (κ1) is 12.2. The van der Waals surface area contributed by atoms with Crippen LogP contribution in [-0.4, -0.2) is 48.5 Å². The van der Waals surface area contributed by atoms with Crippen molar-refractivity contribution < 1.29 is 4.79 Å². The monoisotopic (exact) mass is 242 g/mol. The minimum absolute atomic E-state index is 0.327. The van der Waals surface area contributed by atoms with E-state index in [1.165, 1.54) is 25.7 Å². The van der Waals surface area contributed by atoms with E-state index in [2.05, 4.69) is 10.2 Å². The summed E-state index contributed by atoms with van der Waals surface area (Å²) < 4.78 is 0. The van der Waals surface area contributed by atoms with Crippen LogP contribution in [0.25, 0.3) is 0 Å². The molecule has 0 spiro atoms. The van der Waals surface area contributed by atoms with Gasteiger partial charge in [-0.15, -0.1) is 0 Å². The number of nitrogens with one attached hydrogen (secondary N) is 1. The summed E-state index contributed by atoms with van der Waals surface area (Å²) in [5, 5.41) is 3.48. The molecule has 92 valence electrons. The fourth-order valence-electron chi connectivity index (χ4n) is 2.28. The molecule has 1 aliphatic carbocycles. The molecule has 1 heterocycles. The fraction of sp³-hybridized carbons (Fsp3) is 0.917. The molecule has 0 aromatic heterocycles. The molecule has 1 atom stereocenters. The van der Waals surface area contributed by atoms with Gasteiger partial charge in [0, 0.05) is 19.1 Å². The van der Waals surface area contributed by atoms with Gasteiger partial charge in [0.05, 0.1) is 5.75 Å². The average Bonchev–Trinajstić information content (AvgIpc) is 2.92. The van der Waals surface area contributed by atoms with Gasteiger partial charge in [0.25, 0.3) is 0 Å². The second-order valence-corrected chi connectivity index (χ2v) is 5.83. The maximum absolute atomic E-state index is 12.0. The topological polar surface area (TPSA) is 32.3 Å². The maximum Gasteiger partial charge on any atom is 0.232 e. The highest BCUT2D eigenvalue weighted by Crippen LogP contribution is 2.30. The van der Waals surface area contributed by atoms with E-state index in [1.54, 1.807) is 11.8 Å². The summed E-state index contributed by atoms with van der Waals surface area (Å²) in [6, 6.07) is 0.546. The number of rotatable bonds is 6. The molecule has 2 aliphatic rings. The number of carbonyl (C=O) groups excluding carboxylic acids is 1. The van der Waals surface area contributed by atoms with Gasteiger partial charge in [-0.1, -0.05) is 0 Å². The Kier molecular flexibility index (Phi) is 4.53. The van der Waals surface area contributed by atoms with Crippen molar-refractivity contribution in [2.75, 3.05) is 31.6 Å². The van der Waals surface area contributed by atoms with E-state index in [0.29, 0.717) is 17.7 Å². The molecule has 1 N–H and O–H groups in total. The van der Waals surface area contributed by atoms with Crippen LogP contribution < -0.4 is 5.32 Å². The minimum Gasteiger partial charge on any atom is -0.340 e. The van der Waals surface area contributed by atoms with Crippen LogP contribution in [0.5, 0.6) is 0 Å². The van der Waals surface area contributed by atoms with Crippen molar-refractivity contribution >= 4 is 17.7 Å². The molecule has 4 heteroatoms. The van der Waals surface area contributed by atoms with Gasteiger partial charge in [-0.05, 0) is 44.4 Å². The first-order chi connectivity index (χ1) is 7.79. The highest BCUT2D eigenvalue weighted by atomic mass is 32.2. The first-order valence-electron chi connectivity index (χ1n) is 6.29. The fourth-order valence-corrected chi connectivity index (χ4v) is 2.71. The molecule has 1 saturated heterocycles. The smallest absolute Gasteiger partial charge is 0.232 e. The quantitative estimate of drug-likeness (QED) is 0.763. The SMILES string of the molecule is CSCC(=O)N(CC1CC1)CC1CCCN1. The zero-order valence-electron chi connectivity index (χ0n) is 10.1. The first-order valence-corrected chi connectivity index (χ1v) is 7.69. The number of amides is 1. The van der Waals surface area contributed by atoms with E-state index >= 15 is 0 Å². The van der Waals surface area contributed by atoms with Crippen molar-refractivity contribution in [1.82, 2.24) is 10.2 Å². The van der Waals surface area contributed by atoms with Crippen molar-refractivity contribution in [3.05, 3.63) is 0 Å². The number of hydrogen-bond donors (Lipinski definition) is 1. The van der Waals surface area contributed by atoms with Gasteiger partial charge < -0.3 is 10.2 Å². The molecule has 1 aliphatic heterocycles. The van der Waals surface area contributed by atoms with Crippen molar-refractivity contribution in [2.45, 2.75) is 31.7 Å². The van der Waals surface area contributed by atoms with Crippen LogP contribution in [-0.2, 0) is 4.79 Å². The molecule has 2 fully saturated rings. The molecule has 1 unspecified atom stereocenters.